The standard InChI is InChI=1S/C27H30N4.ClH/c1-21-12-13-26-24(20-21)27(23-10-6-3-7-11-23)29-31(26)17-14-25(22-8-4-2-5-9-22)30-18-15-28-16-19-30;/h2-13,20,25,28H,14-19H2,1H3;1H. The van der Waals surface area contributed by atoms with E-state index < -0.39 is 0 Å². The van der Waals surface area contributed by atoms with Crippen LogP contribution in [0.15, 0.2) is 78.9 Å². The second-order valence-corrected chi connectivity index (χ2v) is 8.46. The molecule has 0 bridgehead atoms. The minimum absolute atomic E-state index is 0. The minimum Gasteiger partial charge on any atom is -0.314 e. The Bertz CT molecular complexity index is 1130. The van der Waals surface area contributed by atoms with Crippen molar-refractivity contribution in [3.05, 3.63) is 90.0 Å². The van der Waals surface area contributed by atoms with Gasteiger partial charge in [-0.2, -0.15) is 5.10 Å². The second-order valence-electron chi connectivity index (χ2n) is 8.46. The van der Waals surface area contributed by atoms with Gasteiger partial charge in [-0.15, -0.1) is 12.4 Å². The van der Waals surface area contributed by atoms with Crippen LogP contribution < -0.4 is 5.32 Å². The van der Waals surface area contributed by atoms with Crippen LogP contribution in [0.1, 0.15) is 23.6 Å². The van der Waals surface area contributed by atoms with Gasteiger partial charge in [-0.1, -0.05) is 72.3 Å². The third-order valence-electron chi connectivity index (χ3n) is 6.34. The van der Waals surface area contributed by atoms with Gasteiger partial charge >= 0.3 is 0 Å². The van der Waals surface area contributed by atoms with Crippen LogP contribution in [0.4, 0.5) is 0 Å². The van der Waals surface area contributed by atoms with Crippen LogP contribution in [0.3, 0.4) is 0 Å². The number of hydrogen-bond acceptors (Lipinski definition) is 3. The van der Waals surface area contributed by atoms with Gasteiger partial charge in [0.2, 0.25) is 0 Å². The average Bonchev–Trinajstić information content (AvgIpc) is 3.19. The van der Waals surface area contributed by atoms with Gasteiger partial charge in [0, 0.05) is 49.7 Å². The fourth-order valence-corrected chi connectivity index (χ4v) is 4.75. The number of hydrogen-bond donors (Lipinski definition) is 1. The number of nitrogens with zero attached hydrogens (tertiary/aromatic N) is 3. The molecule has 32 heavy (non-hydrogen) atoms. The molecule has 4 aromatic rings. The fourth-order valence-electron chi connectivity index (χ4n) is 4.75. The SMILES string of the molecule is Cc1ccc2c(c1)c(-c1ccccc1)nn2CCC(c1ccccc1)N1CCNCC1.Cl. The predicted molar refractivity (Wildman–Crippen MR) is 135 cm³/mol. The van der Waals surface area contributed by atoms with Gasteiger partial charge in [-0.25, -0.2) is 0 Å². The van der Waals surface area contributed by atoms with Gasteiger partial charge in [-0.3, -0.25) is 9.58 Å². The molecule has 0 radical (unpaired) electrons. The van der Waals surface area contributed by atoms with Crippen molar-refractivity contribution >= 4 is 23.3 Å². The van der Waals surface area contributed by atoms with E-state index in [4.69, 9.17) is 5.10 Å². The Hall–Kier alpha value is -2.66. The van der Waals surface area contributed by atoms with Crippen molar-refractivity contribution in [2.75, 3.05) is 26.2 Å². The molecule has 0 spiro atoms. The van der Waals surface area contributed by atoms with Gasteiger partial charge in [-0.05, 0) is 31.0 Å². The molecule has 1 fully saturated rings. The first-order valence-corrected chi connectivity index (χ1v) is 11.3. The number of rotatable bonds is 6. The fraction of sp³-hybridized carbons (Fsp3) is 0.296. The van der Waals surface area contributed by atoms with E-state index in [-0.39, 0.29) is 12.4 Å². The highest BCUT2D eigenvalue weighted by atomic mass is 35.5. The maximum atomic E-state index is 5.10. The highest BCUT2D eigenvalue weighted by Crippen LogP contribution is 2.31. The molecule has 1 aliphatic heterocycles. The molecule has 1 N–H and O–H groups in total. The van der Waals surface area contributed by atoms with Gasteiger partial charge in [0.05, 0.1) is 5.52 Å². The zero-order chi connectivity index (χ0) is 21.0. The Morgan fingerprint density at radius 3 is 2.31 bits per heavy atom. The van der Waals surface area contributed by atoms with Crippen molar-refractivity contribution in [1.82, 2.24) is 20.0 Å². The van der Waals surface area contributed by atoms with Gasteiger partial charge < -0.3 is 5.32 Å². The quantitative estimate of drug-likeness (QED) is 0.426. The molecule has 5 rings (SSSR count). The van der Waals surface area contributed by atoms with Crippen molar-refractivity contribution in [3.63, 3.8) is 0 Å². The number of fused-ring (bicyclic) bond motifs is 1. The molecule has 1 unspecified atom stereocenters. The van der Waals surface area contributed by atoms with Crippen molar-refractivity contribution in [2.45, 2.75) is 25.9 Å². The Kier molecular flexibility index (Phi) is 7.26. The number of nitrogens with one attached hydrogen (secondary N) is 1. The molecule has 1 saturated heterocycles. The first-order valence-electron chi connectivity index (χ1n) is 11.3. The number of piperazine rings is 1. The Labute approximate surface area is 196 Å². The summed E-state index contributed by atoms with van der Waals surface area (Å²) < 4.78 is 2.22. The van der Waals surface area contributed by atoms with E-state index in [2.05, 4.69) is 101 Å². The van der Waals surface area contributed by atoms with Gasteiger partial charge in [0.15, 0.2) is 0 Å². The summed E-state index contributed by atoms with van der Waals surface area (Å²) in [6, 6.07) is 28.6. The molecule has 0 saturated carbocycles. The molecule has 5 heteroatoms. The summed E-state index contributed by atoms with van der Waals surface area (Å²) in [6.45, 7) is 7.36. The summed E-state index contributed by atoms with van der Waals surface area (Å²) in [7, 11) is 0. The van der Waals surface area contributed by atoms with E-state index in [1.54, 1.807) is 0 Å². The summed E-state index contributed by atoms with van der Waals surface area (Å²) in [4.78, 5) is 2.62. The summed E-state index contributed by atoms with van der Waals surface area (Å²) in [5.41, 5.74) is 6.15. The number of benzene rings is 3. The van der Waals surface area contributed by atoms with Crippen LogP contribution in [0.25, 0.3) is 22.2 Å². The molecule has 1 aromatic heterocycles. The lowest BCUT2D eigenvalue weighted by Crippen LogP contribution is -2.45. The molecule has 4 nitrogen and oxygen atoms in total. The Balaban J connectivity index is 0.00000245. The van der Waals surface area contributed by atoms with Crippen LogP contribution in [0, 0.1) is 6.92 Å². The Morgan fingerprint density at radius 1 is 0.906 bits per heavy atom. The summed E-state index contributed by atoms with van der Waals surface area (Å²) >= 11 is 0. The Morgan fingerprint density at radius 2 is 1.59 bits per heavy atom. The third-order valence-corrected chi connectivity index (χ3v) is 6.34. The summed E-state index contributed by atoms with van der Waals surface area (Å²) in [5, 5.41) is 9.82. The molecule has 3 aromatic carbocycles. The van der Waals surface area contributed by atoms with E-state index in [1.807, 2.05) is 0 Å². The second kappa shape index (κ2) is 10.3. The van der Waals surface area contributed by atoms with E-state index in [0.717, 1.165) is 44.8 Å². The van der Waals surface area contributed by atoms with E-state index in [1.165, 1.54) is 27.6 Å². The van der Waals surface area contributed by atoms with Crippen molar-refractivity contribution in [3.8, 4) is 11.3 Å². The highest BCUT2D eigenvalue weighted by molar-refractivity contribution is 5.93. The monoisotopic (exact) mass is 446 g/mol. The van der Waals surface area contributed by atoms with Crippen molar-refractivity contribution in [2.24, 2.45) is 0 Å². The highest BCUT2D eigenvalue weighted by Gasteiger charge is 2.23. The maximum Gasteiger partial charge on any atom is 0.100 e. The average molecular weight is 447 g/mol. The smallest absolute Gasteiger partial charge is 0.100 e. The van der Waals surface area contributed by atoms with Gasteiger partial charge in [0.1, 0.15) is 5.69 Å². The normalized spacial score (nSPS) is 15.4. The summed E-state index contributed by atoms with van der Waals surface area (Å²) in [5.74, 6) is 0. The van der Waals surface area contributed by atoms with Crippen LogP contribution in [-0.4, -0.2) is 40.9 Å². The lowest BCUT2D eigenvalue weighted by molar-refractivity contribution is 0.160. The topological polar surface area (TPSA) is 33.1 Å². The van der Waals surface area contributed by atoms with E-state index >= 15 is 0 Å². The van der Waals surface area contributed by atoms with Gasteiger partial charge in [0.25, 0.3) is 0 Å². The molecule has 1 aliphatic rings. The van der Waals surface area contributed by atoms with Crippen LogP contribution >= 0.6 is 12.4 Å². The molecule has 0 aliphatic carbocycles. The minimum atomic E-state index is 0. The van der Waals surface area contributed by atoms with Crippen molar-refractivity contribution in [1.29, 1.82) is 0 Å². The van der Waals surface area contributed by atoms with Crippen molar-refractivity contribution < 1.29 is 0 Å². The number of aryl methyl sites for hydroxylation is 2. The first kappa shape index (κ1) is 22.5. The van der Waals surface area contributed by atoms with E-state index in [0.29, 0.717) is 6.04 Å². The zero-order valence-electron chi connectivity index (χ0n) is 18.6. The lowest BCUT2D eigenvalue weighted by atomic mass is 10.0. The molecule has 166 valence electrons. The third kappa shape index (κ3) is 4.73. The van der Waals surface area contributed by atoms with Crippen LogP contribution in [-0.2, 0) is 6.54 Å². The maximum absolute atomic E-state index is 5.10. The van der Waals surface area contributed by atoms with Crippen LogP contribution in [0.5, 0.6) is 0 Å². The van der Waals surface area contributed by atoms with E-state index in [9.17, 15) is 0 Å². The number of halogens is 1. The molecule has 0 amide bonds. The summed E-state index contributed by atoms with van der Waals surface area (Å²) in [6.07, 6.45) is 1.04. The molecular weight excluding hydrogens is 416 g/mol. The molecular formula is C27H31ClN4. The molecule has 2 heterocycles. The largest absolute Gasteiger partial charge is 0.314 e. The zero-order valence-corrected chi connectivity index (χ0v) is 19.4. The predicted octanol–water partition coefficient (Wildman–Crippen LogP) is 5.47. The van der Waals surface area contributed by atoms with Crippen LogP contribution in [0.2, 0.25) is 0 Å². The first-order chi connectivity index (χ1) is 15.3. The number of aromatic nitrogens is 2. The molecule has 1 atom stereocenters. The lowest BCUT2D eigenvalue weighted by Gasteiger charge is -2.35.